The lowest BCUT2D eigenvalue weighted by Crippen LogP contribution is -2.35. The molecule has 0 radical (unpaired) electrons. The highest BCUT2D eigenvalue weighted by atomic mass is 32.1. The summed E-state index contributed by atoms with van der Waals surface area (Å²) in [6.45, 7) is 2.06. The van der Waals surface area contributed by atoms with Crippen LogP contribution in [0.5, 0.6) is 11.5 Å². The lowest BCUT2D eigenvalue weighted by atomic mass is 10.1. The van der Waals surface area contributed by atoms with Gasteiger partial charge in [0, 0.05) is 0 Å². The van der Waals surface area contributed by atoms with Gasteiger partial charge in [-0.3, -0.25) is 14.5 Å². The number of aryl methyl sites for hydroxylation is 1. The molecule has 0 atom stereocenters. The highest BCUT2D eigenvalue weighted by molar-refractivity contribution is 7.80. The minimum atomic E-state index is -0.495. The Morgan fingerprint density at radius 3 is 2.60 bits per heavy atom. The smallest absolute Gasteiger partial charge is 0.325 e. The number of carbonyl (C=O) groups is 2. The van der Waals surface area contributed by atoms with Crippen molar-refractivity contribution in [3.63, 3.8) is 0 Å². The van der Waals surface area contributed by atoms with Crippen LogP contribution in [0.2, 0.25) is 0 Å². The second-order valence-corrected chi connectivity index (χ2v) is 7.11. The number of rotatable bonds is 5. The molecule has 30 heavy (non-hydrogen) atoms. The molecule has 154 valence electrons. The number of benzene rings is 2. The lowest BCUT2D eigenvalue weighted by molar-refractivity contribution is -0.140. The summed E-state index contributed by atoms with van der Waals surface area (Å²) in [6.07, 6.45) is 2.57. The number of thiocarbonyl (C=S) groups is 1. The summed E-state index contributed by atoms with van der Waals surface area (Å²) in [5.41, 5.74) is 2.80. The van der Waals surface area contributed by atoms with E-state index >= 15 is 0 Å². The fourth-order valence-electron chi connectivity index (χ4n) is 3.30. The minimum Gasteiger partial charge on any atom is -0.468 e. The molecule has 0 unspecified atom stereocenters. The summed E-state index contributed by atoms with van der Waals surface area (Å²) < 4.78 is 15.5. The van der Waals surface area contributed by atoms with Crippen LogP contribution >= 0.6 is 12.2 Å². The van der Waals surface area contributed by atoms with Gasteiger partial charge in [-0.2, -0.15) is 0 Å². The average molecular weight is 424 g/mol. The molecule has 2 aromatic carbocycles. The van der Waals surface area contributed by atoms with E-state index in [0.717, 1.165) is 17.5 Å². The molecule has 0 N–H and O–H groups in total. The van der Waals surface area contributed by atoms with Crippen LogP contribution in [0.25, 0.3) is 6.08 Å². The molecular weight excluding hydrogens is 404 g/mol. The lowest BCUT2D eigenvalue weighted by Gasteiger charge is -2.19. The number of hydrogen-bond donors (Lipinski definition) is 0. The number of fused-ring (bicyclic) bond motifs is 1. The second kappa shape index (κ2) is 8.16. The van der Waals surface area contributed by atoms with Crippen molar-refractivity contribution in [1.29, 1.82) is 0 Å². The van der Waals surface area contributed by atoms with Gasteiger partial charge < -0.3 is 19.1 Å². The Morgan fingerprint density at radius 1 is 1.17 bits per heavy atom. The third-order valence-corrected chi connectivity index (χ3v) is 5.36. The Morgan fingerprint density at radius 2 is 1.90 bits per heavy atom. The van der Waals surface area contributed by atoms with Gasteiger partial charge in [-0.1, -0.05) is 25.1 Å². The van der Waals surface area contributed by atoms with E-state index < -0.39 is 5.97 Å². The van der Waals surface area contributed by atoms with Crippen molar-refractivity contribution in [2.45, 2.75) is 13.3 Å². The maximum atomic E-state index is 13.3. The summed E-state index contributed by atoms with van der Waals surface area (Å²) in [4.78, 5) is 28.2. The fourth-order valence-corrected chi connectivity index (χ4v) is 3.65. The number of methoxy groups -OCH3 is 1. The zero-order valence-corrected chi connectivity index (χ0v) is 17.4. The van der Waals surface area contributed by atoms with Gasteiger partial charge in [0.2, 0.25) is 6.79 Å². The van der Waals surface area contributed by atoms with Crippen molar-refractivity contribution in [2.75, 3.05) is 25.3 Å². The Hall–Kier alpha value is -3.39. The Kier molecular flexibility index (Phi) is 5.41. The molecule has 1 saturated heterocycles. The Labute approximate surface area is 179 Å². The maximum absolute atomic E-state index is 13.3. The third kappa shape index (κ3) is 3.61. The fraction of sp³-hybridized carbons (Fsp3) is 0.227. The van der Waals surface area contributed by atoms with Gasteiger partial charge in [0.25, 0.3) is 5.91 Å². The summed E-state index contributed by atoms with van der Waals surface area (Å²) in [5, 5.41) is 0.224. The first-order chi connectivity index (χ1) is 14.5. The van der Waals surface area contributed by atoms with Crippen molar-refractivity contribution in [3.05, 3.63) is 59.3 Å². The van der Waals surface area contributed by atoms with Crippen molar-refractivity contribution in [2.24, 2.45) is 0 Å². The first kappa shape index (κ1) is 19.9. The highest BCUT2D eigenvalue weighted by Gasteiger charge is 2.40. The molecule has 2 aliphatic rings. The van der Waals surface area contributed by atoms with Crippen LogP contribution in [0.4, 0.5) is 5.69 Å². The zero-order valence-electron chi connectivity index (χ0n) is 16.6. The van der Waals surface area contributed by atoms with Crippen LogP contribution in [0.3, 0.4) is 0 Å². The predicted octanol–water partition coefficient (Wildman–Crippen LogP) is 3.13. The van der Waals surface area contributed by atoms with Crippen LogP contribution in [0, 0.1) is 0 Å². The minimum absolute atomic E-state index is 0.161. The molecule has 2 heterocycles. The number of hydrogen-bond acceptors (Lipinski definition) is 6. The van der Waals surface area contributed by atoms with E-state index in [9.17, 15) is 9.59 Å². The molecule has 0 spiro atoms. The molecule has 2 aliphatic heterocycles. The van der Waals surface area contributed by atoms with Crippen LogP contribution in [0.15, 0.2) is 48.2 Å². The quantitative estimate of drug-likeness (QED) is 0.415. The highest BCUT2D eigenvalue weighted by Crippen LogP contribution is 2.34. The Bertz CT molecular complexity index is 1050. The summed E-state index contributed by atoms with van der Waals surface area (Å²) in [6, 6.07) is 13.0. The number of ether oxygens (including phenoxy) is 3. The molecule has 8 heteroatoms. The largest absolute Gasteiger partial charge is 0.468 e. The van der Waals surface area contributed by atoms with E-state index in [-0.39, 0.29) is 30.1 Å². The topological polar surface area (TPSA) is 68.3 Å². The maximum Gasteiger partial charge on any atom is 0.325 e. The van der Waals surface area contributed by atoms with E-state index in [0.29, 0.717) is 17.2 Å². The van der Waals surface area contributed by atoms with Crippen LogP contribution < -0.4 is 14.4 Å². The van der Waals surface area contributed by atoms with Gasteiger partial charge in [-0.05, 0) is 60.1 Å². The normalized spacial score (nSPS) is 16.5. The number of nitrogens with zero attached hydrogens (tertiary/aromatic N) is 2. The zero-order chi connectivity index (χ0) is 21.3. The summed E-state index contributed by atoms with van der Waals surface area (Å²) in [5.74, 6) is 0.439. The van der Waals surface area contributed by atoms with Crippen molar-refractivity contribution in [1.82, 2.24) is 4.90 Å². The molecule has 1 amide bonds. The van der Waals surface area contributed by atoms with E-state index in [1.54, 1.807) is 18.2 Å². The van der Waals surface area contributed by atoms with E-state index in [2.05, 4.69) is 6.92 Å². The molecule has 7 nitrogen and oxygen atoms in total. The average Bonchev–Trinajstić information content (AvgIpc) is 3.32. The van der Waals surface area contributed by atoms with Gasteiger partial charge in [-0.25, -0.2) is 0 Å². The molecule has 4 rings (SSSR count). The molecule has 0 aliphatic carbocycles. The molecule has 0 saturated carbocycles. The van der Waals surface area contributed by atoms with Crippen LogP contribution in [0.1, 0.15) is 18.1 Å². The van der Waals surface area contributed by atoms with Gasteiger partial charge in [0.05, 0.1) is 12.8 Å². The molecule has 1 fully saturated rings. The molecule has 2 aromatic rings. The van der Waals surface area contributed by atoms with Gasteiger partial charge in [0.1, 0.15) is 12.2 Å². The van der Waals surface area contributed by atoms with E-state index in [1.165, 1.54) is 16.9 Å². The van der Waals surface area contributed by atoms with Gasteiger partial charge in [0.15, 0.2) is 16.6 Å². The second-order valence-electron chi connectivity index (χ2n) is 6.75. The van der Waals surface area contributed by atoms with E-state index in [4.69, 9.17) is 26.4 Å². The Balaban J connectivity index is 1.73. The predicted molar refractivity (Wildman–Crippen MR) is 115 cm³/mol. The van der Waals surface area contributed by atoms with Crippen molar-refractivity contribution < 1.29 is 23.8 Å². The summed E-state index contributed by atoms with van der Waals surface area (Å²) >= 11 is 5.56. The molecule has 0 bridgehead atoms. The molecular formula is C22H20N2O5S. The SMILES string of the molecule is CCc1ccc(N2C(=O)/C(=C/c3ccc4c(c3)OCO4)N(CC(=O)OC)C2=S)cc1. The third-order valence-electron chi connectivity index (χ3n) is 4.95. The monoisotopic (exact) mass is 424 g/mol. The molecule has 0 aromatic heterocycles. The van der Waals surface area contributed by atoms with Crippen molar-refractivity contribution >= 4 is 41.0 Å². The van der Waals surface area contributed by atoms with Crippen molar-refractivity contribution in [3.8, 4) is 11.5 Å². The number of esters is 1. The first-order valence-electron chi connectivity index (χ1n) is 9.45. The van der Waals surface area contributed by atoms with E-state index in [1.807, 2.05) is 30.3 Å². The number of carbonyl (C=O) groups excluding carboxylic acids is 2. The number of anilines is 1. The van der Waals surface area contributed by atoms with Gasteiger partial charge >= 0.3 is 5.97 Å². The number of amides is 1. The standard InChI is InChI=1S/C22H20N2O5S/c1-3-14-4-7-16(8-5-14)24-21(26)17(23(22(24)30)12-20(25)27-2)10-15-6-9-18-19(11-15)29-13-28-18/h4-11H,3,12-13H2,1-2H3/b17-10-. The summed E-state index contributed by atoms with van der Waals surface area (Å²) in [7, 11) is 1.30. The van der Waals surface area contributed by atoms with Gasteiger partial charge in [-0.15, -0.1) is 0 Å². The first-order valence-corrected chi connectivity index (χ1v) is 9.85. The van der Waals surface area contributed by atoms with Crippen LogP contribution in [-0.4, -0.2) is 42.3 Å². The van der Waals surface area contributed by atoms with Crippen LogP contribution in [-0.2, 0) is 20.7 Å².